The Bertz CT molecular complexity index is 470. The number of rotatable bonds is 9. The van der Waals surface area contributed by atoms with Gasteiger partial charge in [-0.25, -0.2) is 4.99 Å². The van der Waals surface area contributed by atoms with Crippen LogP contribution >= 0.6 is 0 Å². The summed E-state index contributed by atoms with van der Waals surface area (Å²) in [6, 6.07) is 0. The maximum atomic E-state index is 12.0. The average molecular weight is 397 g/mol. The summed E-state index contributed by atoms with van der Waals surface area (Å²) in [5, 5.41) is 3.58. The van der Waals surface area contributed by atoms with Crippen molar-refractivity contribution in [3.63, 3.8) is 0 Å². The molecule has 2 rings (SSSR count). The lowest BCUT2D eigenvalue weighted by Crippen LogP contribution is -2.48. The van der Waals surface area contributed by atoms with Crippen LogP contribution in [-0.4, -0.2) is 88.4 Å². The molecule has 28 heavy (non-hydrogen) atoms. The first-order chi connectivity index (χ1) is 13.6. The number of guanidine groups is 1. The van der Waals surface area contributed by atoms with Gasteiger partial charge in [-0.2, -0.15) is 0 Å². The van der Waals surface area contributed by atoms with Crippen molar-refractivity contribution in [2.24, 2.45) is 10.9 Å². The maximum Gasteiger partial charge on any atom is 0.243 e. The Labute approximate surface area is 170 Å². The number of amides is 1. The van der Waals surface area contributed by atoms with E-state index in [1.807, 2.05) is 0 Å². The highest BCUT2D eigenvalue weighted by atomic mass is 16.5. The van der Waals surface area contributed by atoms with Crippen LogP contribution in [0.3, 0.4) is 0 Å². The molecule has 0 aromatic heterocycles. The Hall–Kier alpha value is -1.34. The molecule has 1 saturated carbocycles. The zero-order valence-electron chi connectivity index (χ0n) is 18.1. The first-order valence-corrected chi connectivity index (χ1v) is 10.9. The summed E-state index contributed by atoms with van der Waals surface area (Å²) < 4.78 is 11.0. The fraction of sp³-hybridized carbons (Fsp3) is 0.905. The summed E-state index contributed by atoms with van der Waals surface area (Å²) in [7, 11) is 5.28. The Morgan fingerprint density at radius 3 is 2.46 bits per heavy atom. The van der Waals surface area contributed by atoms with Gasteiger partial charge in [-0.05, 0) is 38.0 Å². The molecular weight excluding hydrogens is 356 g/mol. The smallest absolute Gasteiger partial charge is 0.243 e. The van der Waals surface area contributed by atoms with Gasteiger partial charge >= 0.3 is 0 Å². The number of piperidine rings is 1. The maximum absolute atomic E-state index is 12.0. The molecule has 7 nitrogen and oxygen atoms in total. The second-order valence-electron chi connectivity index (χ2n) is 8.22. The number of hydrogen-bond donors (Lipinski definition) is 1. The van der Waals surface area contributed by atoms with Crippen molar-refractivity contribution in [1.82, 2.24) is 15.1 Å². The molecule has 1 aliphatic carbocycles. The molecule has 1 saturated heterocycles. The van der Waals surface area contributed by atoms with E-state index >= 15 is 0 Å². The normalized spacial score (nSPS) is 19.7. The predicted octanol–water partition coefficient (Wildman–Crippen LogP) is 2.12. The molecule has 0 radical (unpaired) electrons. The Morgan fingerprint density at radius 2 is 1.82 bits per heavy atom. The van der Waals surface area contributed by atoms with Gasteiger partial charge in [-0.3, -0.25) is 4.79 Å². The number of likely N-dealkylation sites (tertiary alicyclic amines) is 1. The summed E-state index contributed by atoms with van der Waals surface area (Å²) in [5.41, 5.74) is 0. The molecule has 1 heterocycles. The SMILES string of the molecule is COCCCOC1CCN(C(=NCC(=O)N(C)C)NCC2CCCCC2)CC1. The number of ether oxygens (including phenoxy) is 2. The van der Waals surface area contributed by atoms with Crippen LogP contribution in [0.2, 0.25) is 0 Å². The quantitative estimate of drug-likeness (QED) is 0.367. The summed E-state index contributed by atoms with van der Waals surface area (Å²) in [5.74, 6) is 1.65. The van der Waals surface area contributed by atoms with Gasteiger partial charge in [0.1, 0.15) is 6.54 Å². The number of carbonyl (C=O) groups is 1. The molecule has 1 amide bonds. The second-order valence-corrected chi connectivity index (χ2v) is 8.22. The molecule has 0 unspecified atom stereocenters. The number of hydrogen-bond acceptors (Lipinski definition) is 4. The predicted molar refractivity (Wildman–Crippen MR) is 113 cm³/mol. The van der Waals surface area contributed by atoms with E-state index in [2.05, 4.69) is 15.2 Å². The molecule has 0 spiro atoms. The van der Waals surface area contributed by atoms with E-state index in [0.717, 1.165) is 64.0 Å². The lowest BCUT2D eigenvalue weighted by Gasteiger charge is -2.35. The fourth-order valence-corrected chi connectivity index (χ4v) is 3.87. The van der Waals surface area contributed by atoms with Gasteiger partial charge in [0.2, 0.25) is 5.91 Å². The van der Waals surface area contributed by atoms with Crippen LogP contribution in [0, 0.1) is 5.92 Å². The van der Waals surface area contributed by atoms with Crippen LogP contribution in [0.5, 0.6) is 0 Å². The molecule has 0 aromatic rings. The minimum absolute atomic E-state index is 0.0355. The van der Waals surface area contributed by atoms with E-state index in [0.29, 0.717) is 6.10 Å². The third kappa shape index (κ3) is 8.35. The number of methoxy groups -OCH3 is 1. The Morgan fingerprint density at radius 1 is 1.11 bits per heavy atom. The van der Waals surface area contributed by atoms with Crippen molar-refractivity contribution in [3.05, 3.63) is 0 Å². The van der Waals surface area contributed by atoms with Crippen LogP contribution in [0.25, 0.3) is 0 Å². The van der Waals surface area contributed by atoms with Gasteiger partial charge < -0.3 is 24.6 Å². The van der Waals surface area contributed by atoms with E-state index in [1.54, 1.807) is 26.1 Å². The van der Waals surface area contributed by atoms with Crippen LogP contribution in [0.15, 0.2) is 4.99 Å². The highest BCUT2D eigenvalue weighted by Crippen LogP contribution is 2.23. The molecule has 2 aliphatic rings. The molecule has 0 bridgehead atoms. The monoisotopic (exact) mass is 396 g/mol. The third-order valence-corrected chi connectivity index (χ3v) is 5.72. The van der Waals surface area contributed by atoms with Crippen molar-refractivity contribution >= 4 is 11.9 Å². The van der Waals surface area contributed by atoms with Gasteiger partial charge in [-0.1, -0.05) is 19.3 Å². The topological polar surface area (TPSA) is 66.4 Å². The van der Waals surface area contributed by atoms with Gasteiger partial charge in [0.15, 0.2) is 5.96 Å². The molecule has 0 atom stereocenters. The van der Waals surface area contributed by atoms with Gasteiger partial charge in [0.25, 0.3) is 0 Å². The summed E-state index contributed by atoms with van der Waals surface area (Å²) >= 11 is 0. The van der Waals surface area contributed by atoms with Gasteiger partial charge in [0.05, 0.1) is 6.10 Å². The minimum atomic E-state index is 0.0355. The lowest BCUT2D eigenvalue weighted by atomic mass is 9.89. The standard InChI is InChI=1S/C21H40N4O3/c1-24(2)20(26)17-23-21(22-16-18-8-5-4-6-9-18)25-12-10-19(11-13-25)28-15-7-14-27-3/h18-19H,4-17H2,1-3H3,(H,22,23). The van der Waals surface area contributed by atoms with Crippen LogP contribution in [-0.2, 0) is 14.3 Å². The number of likely N-dealkylation sites (N-methyl/N-ethyl adjacent to an activating group) is 1. The summed E-state index contributed by atoms with van der Waals surface area (Å²) in [6.07, 6.45) is 9.90. The zero-order valence-corrected chi connectivity index (χ0v) is 18.1. The highest BCUT2D eigenvalue weighted by Gasteiger charge is 2.23. The molecule has 2 fully saturated rings. The molecule has 0 aromatic carbocycles. The summed E-state index contributed by atoms with van der Waals surface area (Å²) in [4.78, 5) is 20.5. The van der Waals surface area contributed by atoms with Crippen LogP contribution in [0.4, 0.5) is 0 Å². The lowest BCUT2D eigenvalue weighted by molar-refractivity contribution is -0.127. The molecular formula is C21H40N4O3. The summed E-state index contributed by atoms with van der Waals surface area (Å²) in [6.45, 7) is 4.51. The molecule has 1 N–H and O–H groups in total. The first kappa shape index (κ1) is 22.9. The zero-order chi connectivity index (χ0) is 20.2. The van der Waals surface area contributed by atoms with E-state index in [-0.39, 0.29) is 12.5 Å². The fourth-order valence-electron chi connectivity index (χ4n) is 3.87. The third-order valence-electron chi connectivity index (χ3n) is 5.72. The van der Waals surface area contributed by atoms with Crippen molar-refractivity contribution in [1.29, 1.82) is 0 Å². The van der Waals surface area contributed by atoms with E-state index in [4.69, 9.17) is 9.47 Å². The van der Waals surface area contributed by atoms with Crippen molar-refractivity contribution < 1.29 is 14.3 Å². The Kier molecular flexibility index (Phi) is 10.6. The largest absolute Gasteiger partial charge is 0.385 e. The average Bonchev–Trinajstić information content (AvgIpc) is 2.72. The van der Waals surface area contributed by atoms with Crippen molar-refractivity contribution in [2.45, 2.75) is 57.5 Å². The minimum Gasteiger partial charge on any atom is -0.385 e. The highest BCUT2D eigenvalue weighted by molar-refractivity contribution is 5.84. The molecule has 1 aliphatic heterocycles. The number of nitrogens with zero attached hydrogens (tertiary/aromatic N) is 3. The number of nitrogens with one attached hydrogen (secondary N) is 1. The van der Waals surface area contributed by atoms with Crippen LogP contribution in [0.1, 0.15) is 51.4 Å². The molecule has 162 valence electrons. The van der Waals surface area contributed by atoms with E-state index < -0.39 is 0 Å². The van der Waals surface area contributed by atoms with Crippen LogP contribution < -0.4 is 5.32 Å². The second kappa shape index (κ2) is 13.0. The van der Waals surface area contributed by atoms with Gasteiger partial charge in [0, 0.05) is 54.1 Å². The molecule has 7 heteroatoms. The number of aliphatic imine (C=N–C) groups is 1. The Balaban J connectivity index is 1.84. The van der Waals surface area contributed by atoms with E-state index in [9.17, 15) is 4.79 Å². The van der Waals surface area contributed by atoms with Crippen molar-refractivity contribution in [2.75, 3.05) is 60.6 Å². The van der Waals surface area contributed by atoms with E-state index in [1.165, 1.54) is 32.1 Å². The number of carbonyl (C=O) groups excluding carboxylic acids is 1. The first-order valence-electron chi connectivity index (χ1n) is 10.9. The van der Waals surface area contributed by atoms with Crippen molar-refractivity contribution in [3.8, 4) is 0 Å². The van der Waals surface area contributed by atoms with Gasteiger partial charge in [-0.15, -0.1) is 0 Å².